The summed E-state index contributed by atoms with van der Waals surface area (Å²) in [5.41, 5.74) is 1.16. The summed E-state index contributed by atoms with van der Waals surface area (Å²) in [6.07, 6.45) is 0. The van der Waals surface area contributed by atoms with E-state index in [0.717, 1.165) is 10.1 Å². The van der Waals surface area contributed by atoms with Gasteiger partial charge in [-0.05, 0) is 36.8 Å². The summed E-state index contributed by atoms with van der Waals surface area (Å²) in [7, 11) is 2.92. The molecule has 10 heteroatoms. The monoisotopic (exact) mass is 440 g/mol. The lowest BCUT2D eigenvalue weighted by Gasteiger charge is -2.39. The number of aromatic amines is 1. The molecule has 1 aliphatic rings. The third-order valence-electron chi connectivity index (χ3n) is 6.10. The van der Waals surface area contributed by atoms with Crippen molar-refractivity contribution in [3.8, 4) is 0 Å². The van der Waals surface area contributed by atoms with E-state index in [1.165, 1.54) is 20.2 Å². The Morgan fingerprint density at radius 3 is 2.53 bits per heavy atom. The van der Waals surface area contributed by atoms with Crippen LogP contribution in [-0.4, -0.2) is 58.6 Å². The molecule has 0 bridgehead atoms. The van der Waals surface area contributed by atoms with Crippen LogP contribution in [-0.2, 0) is 7.05 Å². The van der Waals surface area contributed by atoms with Crippen LogP contribution in [0.4, 0.5) is 10.1 Å². The predicted octanol–water partition coefficient (Wildman–Crippen LogP) is 1.00. The number of amides is 1. The normalized spacial score (nSPS) is 15.7. The number of piperazine rings is 1. The van der Waals surface area contributed by atoms with Crippen LogP contribution in [0, 0.1) is 5.95 Å². The van der Waals surface area contributed by atoms with E-state index in [2.05, 4.69) is 27.1 Å². The summed E-state index contributed by atoms with van der Waals surface area (Å²) < 4.78 is 15.5. The minimum atomic E-state index is -0.660. The van der Waals surface area contributed by atoms with Crippen molar-refractivity contribution in [1.82, 2.24) is 24.8 Å². The quantitative estimate of drug-likeness (QED) is 0.587. The number of H-pyrrole nitrogens is 1. The van der Waals surface area contributed by atoms with Crippen molar-refractivity contribution in [2.75, 3.05) is 38.1 Å². The maximum absolute atomic E-state index is 14.5. The summed E-state index contributed by atoms with van der Waals surface area (Å²) in [6.45, 7) is 4.67. The second-order valence-electron chi connectivity index (χ2n) is 7.88. The zero-order valence-electron chi connectivity index (χ0n) is 18.2. The first kappa shape index (κ1) is 21.7. The van der Waals surface area contributed by atoms with Crippen molar-refractivity contribution in [2.24, 2.45) is 7.05 Å². The molecule has 1 saturated heterocycles. The van der Waals surface area contributed by atoms with E-state index in [-0.39, 0.29) is 17.3 Å². The molecule has 1 atom stereocenters. The molecule has 4 rings (SSSR count). The molecule has 1 amide bonds. The number of nitrogens with zero attached hydrogens (tertiary/aromatic N) is 4. The lowest BCUT2D eigenvalue weighted by Crippen LogP contribution is -2.47. The number of hydrogen-bond acceptors (Lipinski definition) is 6. The van der Waals surface area contributed by atoms with E-state index in [9.17, 15) is 18.8 Å². The molecule has 0 saturated carbocycles. The lowest BCUT2D eigenvalue weighted by molar-refractivity contribution is 0.0957. The molecule has 168 valence electrons. The summed E-state index contributed by atoms with van der Waals surface area (Å²) in [5.74, 6) is -1.09. The molecule has 9 nitrogen and oxygen atoms in total. The fourth-order valence-corrected chi connectivity index (χ4v) is 4.06. The van der Waals surface area contributed by atoms with Gasteiger partial charge in [0.1, 0.15) is 5.69 Å². The average molecular weight is 440 g/mol. The summed E-state index contributed by atoms with van der Waals surface area (Å²) in [4.78, 5) is 46.6. The Morgan fingerprint density at radius 2 is 1.88 bits per heavy atom. The molecule has 0 aliphatic carbocycles. The highest BCUT2D eigenvalue weighted by atomic mass is 19.1. The van der Waals surface area contributed by atoms with E-state index in [0.29, 0.717) is 42.8 Å². The number of hydrogen-bond donors (Lipinski definition) is 2. The maximum Gasteiger partial charge on any atom is 0.328 e. The predicted molar refractivity (Wildman–Crippen MR) is 120 cm³/mol. The maximum atomic E-state index is 14.5. The van der Waals surface area contributed by atoms with Crippen LogP contribution in [0.25, 0.3) is 10.9 Å². The van der Waals surface area contributed by atoms with Crippen molar-refractivity contribution >= 4 is 22.5 Å². The Labute approximate surface area is 183 Å². The molecule has 1 fully saturated rings. The van der Waals surface area contributed by atoms with Crippen LogP contribution in [0.2, 0.25) is 0 Å². The molecule has 3 heterocycles. The fourth-order valence-electron chi connectivity index (χ4n) is 4.06. The molecular formula is C22H25FN6O3. The van der Waals surface area contributed by atoms with Gasteiger partial charge in [0.05, 0.1) is 16.6 Å². The Balaban J connectivity index is 1.49. The van der Waals surface area contributed by atoms with E-state index in [4.69, 9.17) is 0 Å². The molecule has 2 N–H and O–H groups in total. The zero-order chi connectivity index (χ0) is 23.0. The van der Waals surface area contributed by atoms with Crippen molar-refractivity contribution < 1.29 is 9.18 Å². The summed E-state index contributed by atoms with van der Waals surface area (Å²) >= 11 is 0. The average Bonchev–Trinajstić information content (AvgIpc) is 2.81. The second-order valence-corrected chi connectivity index (χ2v) is 7.88. The van der Waals surface area contributed by atoms with E-state index < -0.39 is 17.5 Å². The van der Waals surface area contributed by atoms with Crippen LogP contribution >= 0.6 is 0 Å². The van der Waals surface area contributed by atoms with Crippen LogP contribution in [0.3, 0.4) is 0 Å². The van der Waals surface area contributed by atoms with Gasteiger partial charge >= 0.3 is 5.69 Å². The molecule has 1 aliphatic heterocycles. The van der Waals surface area contributed by atoms with Gasteiger partial charge in [-0.3, -0.25) is 19.1 Å². The highest BCUT2D eigenvalue weighted by Gasteiger charge is 2.25. The van der Waals surface area contributed by atoms with Crippen LogP contribution in [0.15, 0.2) is 39.9 Å². The van der Waals surface area contributed by atoms with Crippen LogP contribution in [0.5, 0.6) is 0 Å². The minimum absolute atomic E-state index is 0.0465. The first-order valence-electron chi connectivity index (χ1n) is 10.4. The number of aromatic nitrogens is 3. The number of carbonyl (C=O) groups excluding carboxylic acids is 1. The number of benzene rings is 1. The number of rotatable bonds is 4. The van der Waals surface area contributed by atoms with E-state index in [1.54, 1.807) is 12.1 Å². The van der Waals surface area contributed by atoms with Crippen LogP contribution in [0.1, 0.15) is 29.0 Å². The molecule has 3 aromatic rings. The van der Waals surface area contributed by atoms with Gasteiger partial charge in [0.2, 0.25) is 5.95 Å². The first-order valence-corrected chi connectivity index (χ1v) is 10.4. The highest BCUT2D eigenvalue weighted by molar-refractivity contribution is 5.92. The van der Waals surface area contributed by atoms with Gasteiger partial charge in [-0.1, -0.05) is 6.07 Å². The molecule has 0 radical (unpaired) electrons. The van der Waals surface area contributed by atoms with Crippen LogP contribution < -0.4 is 21.5 Å². The lowest BCUT2D eigenvalue weighted by atomic mass is 10.0. The number of nitrogens with one attached hydrogen (secondary N) is 2. The van der Waals surface area contributed by atoms with Gasteiger partial charge in [0, 0.05) is 46.3 Å². The second kappa shape index (κ2) is 8.54. The standard InChI is InChI=1S/C22H25FN6O3/c1-13(14-4-5-15-17(12-14)26-22(32)27(3)21(15)31)28-8-10-29(11-9-28)18-7-6-16(20(30)24-2)25-19(18)23/h4-7,12-13H,8-11H2,1-3H3,(H,24,30)(H,26,32). The molecule has 0 spiro atoms. The summed E-state index contributed by atoms with van der Waals surface area (Å²) in [6, 6.07) is 8.65. The largest absolute Gasteiger partial charge is 0.365 e. The SMILES string of the molecule is CNC(=O)c1ccc(N2CCN(C(C)c3ccc4c(=O)n(C)c(=O)[nH]c4c3)CC2)c(F)n1. The smallest absolute Gasteiger partial charge is 0.328 e. The molecule has 2 aromatic heterocycles. The molecular weight excluding hydrogens is 415 g/mol. The zero-order valence-corrected chi connectivity index (χ0v) is 18.2. The number of pyridine rings is 1. The first-order chi connectivity index (χ1) is 15.3. The fraction of sp³-hybridized carbons (Fsp3) is 0.364. The Bertz CT molecular complexity index is 1290. The number of carbonyl (C=O) groups is 1. The van der Waals surface area contributed by atoms with E-state index >= 15 is 0 Å². The van der Waals surface area contributed by atoms with E-state index in [1.807, 2.05) is 17.0 Å². The van der Waals surface area contributed by atoms with Crippen molar-refractivity contribution in [1.29, 1.82) is 0 Å². The number of anilines is 1. The van der Waals surface area contributed by atoms with Gasteiger partial charge in [-0.2, -0.15) is 4.39 Å². The third-order valence-corrected chi connectivity index (χ3v) is 6.10. The topological polar surface area (TPSA) is 103 Å². The Kier molecular flexibility index (Phi) is 5.79. The number of fused-ring (bicyclic) bond motifs is 1. The van der Waals surface area contributed by atoms with Gasteiger partial charge in [-0.15, -0.1) is 0 Å². The van der Waals surface area contributed by atoms with Crippen molar-refractivity contribution in [3.05, 3.63) is 68.4 Å². The summed E-state index contributed by atoms with van der Waals surface area (Å²) in [5, 5.41) is 2.90. The highest BCUT2D eigenvalue weighted by Crippen LogP contribution is 2.26. The molecule has 1 aromatic carbocycles. The van der Waals surface area contributed by atoms with Gasteiger partial charge in [0.15, 0.2) is 0 Å². The third kappa shape index (κ3) is 3.89. The van der Waals surface area contributed by atoms with Crippen molar-refractivity contribution in [2.45, 2.75) is 13.0 Å². The number of halogens is 1. The van der Waals surface area contributed by atoms with Gasteiger partial charge < -0.3 is 15.2 Å². The molecule has 1 unspecified atom stereocenters. The van der Waals surface area contributed by atoms with Gasteiger partial charge in [0.25, 0.3) is 11.5 Å². The molecule has 32 heavy (non-hydrogen) atoms. The van der Waals surface area contributed by atoms with Gasteiger partial charge in [-0.25, -0.2) is 9.78 Å². The Morgan fingerprint density at radius 1 is 1.16 bits per heavy atom. The van der Waals surface area contributed by atoms with Crippen molar-refractivity contribution in [3.63, 3.8) is 0 Å². The Hall–Kier alpha value is -3.53. The minimum Gasteiger partial charge on any atom is -0.365 e.